The Morgan fingerprint density at radius 3 is 2.86 bits per heavy atom. The summed E-state index contributed by atoms with van der Waals surface area (Å²) in [6.07, 6.45) is 0. The van der Waals surface area contributed by atoms with Gasteiger partial charge in [0.15, 0.2) is 5.69 Å². The summed E-state index contributed by atoms with van der Waals surface area (Å²) in [5.74, 6) is 1.06. The van der Waals surface area contributed by atoms with Gasteiger partial charge in [-0.15, -0.1) is 0 Å². The summed E-state index contributed by atoms with van der Waals surface area (Å²) in [6, 6.07) is 9.75. The van der Waals surface area contributed by atoms with Crippen LogP contribution < -0.4 is 4.74 Å². The van der Waals surface area contributed by atoms with Gasteiger partial charge in [-0.2, -0.15) is 14.9 Å². The van der Waals surface area contributed by atoms with Crippen LogP contribution in [0.25, 0.3) is 16.2 Å². The SMILES string of the molecule is COc1cccc(-c2nc3sc(C(C)C)nn3c2C#N)c1. The van der Waals surface area contributed by atoms with E-state index in [4.69, 9.17) is 4.74 Å². The maximum absolute atomic E-state index is 9.46. The predicted molar refractivity (Wildman–Crippen MR) is 81.7 cm³/mol. The highest BCUT2D eigenvalue weighted by molar-refractivity contribution is 7.16. The fourth-order valence-electron chi connectivity index (χ4n) is 2.07. The summed E-state index contributed by atoms with van der Waals surface area (Å²) in [5, 5.41) is 14.9. The van der Waals surface area contributed by atoms with E-state index in [-0.39, 0.29) is 0 Å². The first-order chi connectivity index (χ1) is 10.1. The molecule has 2 heterocycles. The Bertz CT molecular complexity index is 841. The van der Waals surface area contributed by atoms with Gasteiger partial charge in [0.25, 0.3) is 0 Å². The molecule has 0 saturated carbocycles. The fraction of sp³-hybridized carbons (Fsp3) is 0.267. The van der Waals surface area contributed by atoms with Crippen molar-refractivity contribution in [2.24, 2.45) is 0 Å². The Kier molecular flexibility index (Phi) is 3.35. The Hall–Kier alpha value is -2.39. The highest BCUT2D eigenvalue weighted by Gasteiger charge is 2.19. The lowest BCUT2D eigenvalue weighted by Crippen LogP contribution is -1.94. The second-order valence-corrected chi connectivity index (χ2v) is 5.93. The van der Waals surface area contributed by atoms with Crippen molar-refractivity contribution in [1.29, 1.82) is 5.26 Å². The molecule has 0 unspecified atom stereocenters. The summed E-state index contributed by atoms with van der Waals surface area (Å²) < 4.78 is 6.86. The average molecular weight is 298 g/mol. The maximum Gasteiger partial charge on any atom is 0.214 e. The largest absolute Gasteiger partial charge is 0.497 e. The molecular formula is C15H14N4OS. The number of benzene rings is 1. The second-order valence-electron chi connectivity index (χ2n) is 4.94. The number of hydrogen-bond donors (Lipinski definition) is 0. The van der Waals surface area contributed by atoms with Crippen LogP contribution in [-0.2, 0) is 0 Å². The van der Waals surface area contributed by atoms with Crippen LogP contribution in [0.1, 0.15) is 30.5 Å². The van der Waals surface area contributed by atoms with Crippen LogP contribution in [0.5, 0.6) is 5.75 Å². The van der Waals surface area contributed by atoms with Crippen LogP contribution in [0, 0.1) is 11.3 Å². The van der Waals surface area contributed by atoms with Crippen molar-refractivity contribution in [2.45, 2.75) is 19.8 Å². The van der Waals surface area contributed by atoms with E-state index in [9.17, 15) is 5.26 Å². The average Bonchev–Trinajstić information content (AvgIpc) is 3.04. The molecule has 0 bridgehead atoms. The van der Waals surface area contributed by atoms with Crippen LogP contribution in [0.4, 0.5) is 0 Å². The minimum Gasteiger partial charge on any atom is -0.497 e. The standard InChI is InChI=1S/C15H14N4OS/c1-9(2)14-18-19-12(8-16)13(17-15(19)21-14)10-5-4-6-11(7-10)20-3/h4-7,9H,1-3H3. The van der Waals surface area contributed by atoms with E-state index in [1.165, 1.54) is 11.3 Å². The molecule has 0 amide bonds. The highest BCUT2D eigenvalue weighted by atomic mass is 32.1. The van der Waals surface area contributed by atoms with Crippen molar-refractivity contribution in [3.8, 4) is 23.1 Å². The molecule has 0 spiro atoms. The second kappa shape index (κ2) is 5.19. The molecule has 3 aromatic rings. The van der Waals surface area contributed by atoms with E-state index in [0.29, 0.717) is 17.3 Å². The van der Waals surface area contributed by atoms with Gasteiger partial charge in [-0.05, 0) is 12.1 Å². The molecule has 1 aromatic carbocycles. The van der Waals surface area contributed by atoms with Crippen molar-refractivity contribution in [3.63, 3.8) is 0 Å². The summed E-state index contributed by atoms with van der Waals surface area (Å²) in [5.41, 5.74) is 1.96. The number of nitrogens with zero attached hydrogens (tertiary/aromatic N) is 4. The molecule has 6 heteroatoms. The Balaban J connectivity index is 2.19. The number of fused-ring (bicyclic) bond motifs is 1. The zero-order chi connectivity index (χ0) is 15.0. The van der Waals surface area contributed by atoms with Crippen molar-refractivity contribution in [2.75, 3.05) is 7.11 Å². The van der Waals surface area contributed by atoms with Crippen LogP contribution in [0.15, 0.2) is 24.3 Å². The number of methoxy groups -OCH3 is 1. The van der Waals surface area contributed by atoms with Crippen LogP contribution in [-0.4, -0.2) is 21.7 Å². The molecule has 0 aliphatic rings. The van der Waals surface area contributed by atoms with Crippen LogP contribution >= 0.6 is 11.3 Å². The number of hydrogen-bond acceptors (Lipinski definition) is 5. The lowest BCUT2D eigenvalue weighted by molar-refractivity contribution is 0.415. The van der Waals surface area contributed by atoms with Gasteiger partial charge < -0.3 is 4.74 Å². The third-order valence-corrected chi connectivity index (χ3v) is 4.37. The van der Waals surface area contributed by atoms with Crippen molar-refractivity contribution < 1.29 is 4.74 Å². The molecule has 5 nitrogen and oxygen atoms in total. The molecule has 0 radical (unpaired) electrons. The van der Waals surface area contributed by atoms with E-state index < -0.39 is 0 Å². The first-order valence-electron chi connectivity index (χ1n) is 6.58. The molecule has 3 rings (SSSR count). The molecule has 0 aliphatic carbocycles. The van der Waals surface area contributed by atoms with Gasteiger partial charge in [0.2, 0.25) is 4.96 Å². The molecule has 0 aliphatic heterocycles. The summed E-state index contributed by atoms with van der Waals surface area (Å²) in [6.45, 7) is 4.15. The van der Waals surface area contributed by atoms with Gasteiger partial charge in [-0.3, -0.25) is 0 Å². The number of aromatic nitrogens is 3. The summed E-state index contributed by atoms with van der Waals surface area (Å²) in [7, 11) is 1.62. The van der Waals surface area contributed by atoms with E-state index in [2.05, 4.69) is 30.0 Å². The van der Waals surface area contributed by atoms with Gasteiger partial charge in [0, 0.05) is 11.5 Å². The van der Waals surface area contributed by atoms with Gasteiger partial charge in [-0.1, -0.05) is 37.3 Å². The molecule has 0 atom stereocenters. The Morgan fingerprint density at radius 1 is 1.38 bits per heavy atom. The molecule has 106 valence electrons. The van der Waals surface area contributed by atoms with Gasteiger partial charge >= 0.3 is 0 Å². The van der Waals surface area contributed by atoms with Crippen molar-refractivity contribution in [3.05, 3.63) is 35.0 Å². The zero-order valence-electron chi connectivity index (χ0n) is 12.0. The number of nitriles is 1. The third kappa shape index (κ3) is 2.26. The number of ether oxygens (including phenoxy) is 1. The van der Waals surface area contributed by atoms with E-state index in [1.54, 1.807) is 11.6 Å². The van der Waals surface area contributed by atoms with Crippen LogP contribution in [0.3, 0.4) is 0 Å². The molecule has 2 aromatic heterocycles. The molecule has 0 fully saturated rings. The van der Waals surface area contributed by atoms with Gasteiger partial charge in [0.05, 0.1) is 7.11 Å². The third-order valence-electron chi connectivity index (χ3n) is 3.16. The molecule has 0 N–H and O–H groups in total. The van der Waals surface area contributed by atoms with E-state index in [0.717, 1.165) is 21.3 Å². The fourth-order valence-corrected chi connectivity index (χ4v) is 2.97. The first kappa shape index (κ1) is 13.6. The minimum absolute atomic E-state index is 0.323. The number of rotatable bonds is 3. The van der Waals surface area contributed by atoms with Crippen LogP contribution in [0.2, 0.25) is 0 Å². The summed E-state index contributed by atoms with van der Waals surface area (Å²) >= 11 is 1.52. The molecule has 0 saturated heterocycles. The first-order valence-corrected chi connectivity index (χ1v) is 7.39. The maximum atomic E-state index is 9.46. The van der Waals surface area contributed by atoms with Gasteiger partial charge in [0.1, 0.15) is 22.5 Å². The van der Waals surface area contributed by atoms with Gasteiger partial charge in [-0.25, -0.2) is 4.98 Å². The zero-order valence-corrected chi connectivity index (χ0v) is 12.8. The summed E-state index contributed by atoms with van der Waals surface area (Å²) in [4.78, 5) is 5.32. The van der Waals surface area contributed by atoms with Crippen molar-refractivity contribution in [1.82, 2.24) is 14.6 Å². The molecule has 21 heavy (non-hydrogen) atoms. The van der Waals surface area contributed by atoms with E-state index in [1.807, 2.05) is 24.3 Å². The quantitative estimate of drug-likeness (QED) is 0.743. The lowest BCUT2D eigenvalue weighted by atomic mass is 10.1. The minimum atomic E-state index is 0.323. The molecular weight excluding hydrogens is 284 g/mol. The normalized spacial score (nSPS) is 11.0. The van der Waals surface area contributed by atoms with E-state index >= 15 is 0 Å². The Labute approximate surface area is 126 Å². The smallest absolute Gasteiger partial charge is 0.214 e. The monoisotopic (exact) mass is 298 g/mol. The number of imidazole rings is 1. The Morgan fingerprint density at radius 2 is 2.19 bits per heavy atom. The topological polar surface area (TPSA) is 63.2 Å². The highest BCUT2D eigenvalue weighted by Crippen LogP contribution is 2.30. The van der Waals surface area contributed by atoms with Crippen molar-refractivity contribution >= 4 is 16.3 Å². The predicted octanol–water partition coefficient (Wildman–Crippen LogP) is 3.46. The lowest BCUT2D eigenvalue weighted by Gasteiger charge is -2.02.